The first kappa shape index (κ1) is 17.6. The van der Waals surface area contributed by atoms with E-state index >= 15 is 0 Å². The molecule has 1 spiro atoms. The molecule has 0 aromatic carbocycles. The van der Waals surface area contributed by atoms with Crippen molar-refractivity contribution in [1.82, 2.24) is 19.5 Å². The Bertz CT molecular complexity index is 828. The maximum Gasteiger partial charge on any atom is 0.410 e. The van der Waals surface area contributed by atoms with Crippen LogP contribution in [0, 0.1) is 5.41 Å². The molecule has 0 atom stereocenters. The van der Waals surface area contributed by atoms with Gasteiger partial charge < -0.3 is 14.5 Å². The molecule has 140 valence electrons. The molecule has 0 bridgehead atoms. The highest BCUT2D eigenvalue weighted by Crippen LogP contribution is 2.41. The molecule has 0 unspecified atom stereocenters. The van der Waals surface area contributed by atoms with Gasteiger partial charge in [0.05, 0.1) is 28.8 Å². The van der Waals surface area contributed by atoms with E-state index in [-0.39, 0.29) is 11.5 Å². The van der Waals surface area contributed by atoms with Crippen LogP contribution in [0.15, 0.2) is 23.1 Å². The Morgan fingerprint density at radius 3 is 2.58 bits per heavy atom. The van der Waals surface area contributed by atoms with E-state index in [4.69, 9.17) is 4.74 Å². The number of piperidine rings is 1. The third-order valence-electron chi connectivity index (χ3n) is 5.19. The van der Waals surface area contributed by atoms with Gasteiger partial charge in [-0.2, -0.15) is 5.10 Å². The van der Waals surface area contributed by atoms with Crippen molar-refractivity contribution in [2.75, 3.05) is 31.1 Å². The molecule has 2 aromatic rings. The Morgan fingerprint density at radius 1 is 1.23 bits per heavy atom. The predicted octanol–water partition coefficient (Wildman–Crippen LogP) is 3.33. The summed E-state index contributed by atoms with van der Waals surface area (Å²) in [7, 11) is 0. The van der Waals surface area contributed by atoms with Crippen molar-refractivity contribution in [3.63, 3.8) is 0 Å². The summed E-state index contributed by atoms with van der Waals surface area (Å²) in [5, 5.41) is 4.31. The van der Waals surface area contributed by atoms with Crippen LogP contribution in [-0.2, 0) is 4.74 Å². The largest absolute Gasteiger partial charge is 0.444 e. The number of nitrogens with zero attached hydrogens (tertiary/aromatic N) is 5. The quantitative estimate of drug-likeness (QED) is 0.706. The highest BCUT2D eigenvalue weighted by atomic mass is 79.9. The number of rotatable bonds is 1. The second kappa shape index (κ2) is 6.11. The summed E-state index contributed by atoms with van der Waals surface area (Å²) < 4.78 is 8.17. The third kappa shape index (κ3) is 3.26. The normalized spacial score (nSPS) is 19.7. The van der Waals surface area contributed by atoms with Crippen LogP contribution < -0.4 is 4.90 Å². The van der Waals surface area contributed by atoms with Crippen molar-refractivity contribution >= 4 is 33.4 Å². The molecule has 2 aromatic heterocycles. The highest BCUT2D eigenvalue weighted by Gasteiger charge is 2.47. The van der Waals surface area contributed by atoms with Gasteiger partial charge in [0.25, 0.3) is 0 Å². The Kier molecular flexibility index (Phi) is 4.13. The van der Waals surface area contributed by atoms with Gasteiger partial charge in [-0.25, -0.2) is 14.3 Å². The second-order valence-corrected chi connectivity index (χ2v) is 9.25. The predicted molar refractivity (Wildman–Crippen MR) is 102 cm³/mol. The average Bonchev–Trinajstić information content (AvgIpc) is 2.92. The minimum atomic E-state index is -0.434. The Hall–Kier alpha value is -1.83. The van der Waals surface area contributed by atoms with Crippen molar-refractivity contribution in [3.8, 4) is 0 Å². The topological polar surface area (TPSA) is 63.0 Å². The molecule has 2 aliphatic rings. The van der Waals surface area contributed by atoms with Crippen LogP contribution >= 0.6 is 15.9 Å². The first-order valence-corrected chi connectivity index (χ1v) is 9.76. The van der Waals surface area contributed by atoms with Crippen molar-refractivity contribution in [1.29, 1.82) is 0 Å². The zero-order valence-electron chi connectivity index (χ0n) is 15.4. The summed E-state index contributed by atoms with van der Waals surface area (Å²) in [4.78, 5) is 20.8. The van der Waals surface area contributed by atoms with Crippen LogP contribution in [0.5, 0.6) is 0 Å². The lowest BCUT2D eigenvalue weighted by Gasteiger charge is -2.53. The number of carbonyl (C=O) groups is 1. The van der Waals surface area contributed by atoms with Gasteiger partial charge in [0.15, 0.2) is 5.65 Å². The van der Waals surface area contributed by atoms with E-state index in [0.717, 1.165) is 54.8 Å². The molecule has 8 heteroatoms. The van der Waals surface area contributed by atoms with Gasteiger partial charge in [-0.1, -0.05) is 0 Å². The minimum absolute atomic E-state index is 0.190. The molecule has 1 amide bonds. The number of likely N-dealkylation sites (tertiary alicyclic amines) is 1. The first-order valence-electron chi connectivity index (χ1n) is 8.97. The smallest absolute Gasteiger partial charge is 0.410 e. The molecule has 2 aliphatic heterocycles. The van der Waals surface area contributed by atoms with E-state index < -0.39 is 5.60 Å². The molecule has 26 heavy (non-hydrogen) atoms. The van der Waals surface area contributed by atoms with Gasteiger partial charge in [0.1, 0.15) is 5.60 Å². The van der Waals surface area contributed by atoms with E-state index in [0.29, 0.717) is 0 Å². The maximum absolute atomic E-state index is 12.2. The van der Waals surface area contributed by atoms with E-state index in [1.165, 1.54) is 0 Å². The van der Waals surface area contributed by atoms with Crippen LogP contribution in [0.3, 0.4) is 0 Å². The number of hydrogen-bond donors (Lipinski definition) is 0. The van der Waals surface area contributed by atoms with Crippen LogP contribution in [0.25, 0.3) is 5.65 Å². The summed E-state index contributed by atoms with van der Waals surface area (Å²) >= 11 is 3.45. The fourth-order valence-electron chi connectivity index (χ4n) is 3.77. The standard InChI is InChI=1S/C18H24BrN5O2/c1-17(2,3)26-16(25)23-11-18(12-23)4-6-22(7-5-18)13-8-20-15-14(19)9-21-24(15)10-13/h8-10H,4-7,11-12H2,1-3H3. The fraction of sp³-hybridized carbons (Fsp3) is 0.611. The number of halogens is 1. The Balaban J connectivity index is 1.35. The molecule has 2 saturated heterocycles. The van der Waals surface area contributed by atoms with Gasteiger partial charge >= 0.3 is 6.09 Å². The van der Waals surface area contributed by atoms with E-state index in [2.05, 4.69) is 30.9 Å². The van der Waals surface area contributed by atoms with Gasteiger partial charge in [0.2, 0.25) is 0 Å². The van der Waals surface area contributed by atoms with Crippen molar-refractivity contribution in [3.05, 3.63) is 23.1 Å². The summed E-state index contributed by atoms with van der Waals surface area (Å²) in [6.45, 7) is 9.26. The number of amides is 1. The molecule has 4 rings (SSSR count). The summed E-state index contributed by atoms with van der Waals surface area (Å²) in [5.74, 6) is 0. The van der Waals surface area contributed by atoms with E-state index in [9.17, 15) is 4.79 Å². The minimum Gasteiger partial charge on any atom is -0.444 e. The van der Waals surface area contributed by atoms with Gasteiger partial charge in [-0.3, -0.25) is 0 Å². The van der Waals surface area contributed by atoms with Gasteiger partial charge in [-0.05, 0) is 49.5 Å². The summed E-state index contributed by atoms with van der Waals surface area (Å²) in [6, 6.07) is 0. The number of aromatic nitrogens is 3. The number of hydrogen-bond acceptors (Lipinski definition) is 5. The maximum atomic E-state index is 12.2. The Morgan fingerprint density at radius 2 is 1.92 bits per heavy atom. The van der Waals surface area contributed by atoms with Crippen LogP contribution in [0.2, 0.25) is 0 Å². The first-order chi connectivity index (χ1) is 12.2. The van der Waals surface area contributed by atoms with Crippen LogP contribution in [-0.4, -0.2) is 57.4 Å². The molecule has 0 saturated carbocycles. The second-order valence-electron chi connectivity index (χ2n) is 8.40. The van der Waals surface area contributed by atoms with Crippen molar-refractivity contribution < 1.29 is 9.53 Å². The fourth-order valence-corrected chi connectivity index (χ4v) is 4.15. The van der Waals surface area contributed by atoms with E-state index in [1.54, 1.807) is 10.7 Å². The van der Waals surface area contributed by atoms with Gasteiger partial charge in [0, 0.05) is 31.6 Å². The zero-order chi connectivity index (χ0) is 18.5. The number of anilines is 1. The average molecular weight is 422 g/mol. The molecular formula is C18H24BrN5O2. The Labute approximate surface area is 161 Å². The molecular weight excluding hydrogens is 398 g/mol. The lowest BCUT2D eigenvalue weighted by Crippen LogP contribution is -2.62. The molecule has 7 nitrogen and oxygen atoms in total. The summed E-state index contributed by atoms with van der Waals surface area (Å²) in [5.41, 5.74) is 1.73. The van der Waals surface area contributed by atoms with Crippen molar-refractivity contribution in [2.24, 2.45) is 5.41 Å². The highest BCUT2D eigenvalue weighted by molar-refractivity contribution is 9.10. The van der Waals surface area contributed by atoms with Crippen molar-refractivity contribution in [2.45, 2.75) is 39.2 Å². The van der Waals surface area contributed by atoms with Gasteiger partial charge in [-0.15, -0.1) is 0 Å². The lowest BCUT2D eigenvalue weighted by molar-refractivity contribution is -0.0434. The van der Waals surface area contributed by atoms with E-state index in [1.807, 2.05) is 38.1 Å². The molecule has 0 radical (unpaired) electrons. The van der Waals surface area contributed by atoms with Crippen LogP contribution in [0.4, 0.5) is 10.5 Å². The number of carbonyl (C=O) groups excluding carboxylic acids is 1. The number of fused-ring (bicyclic) bond motifs is 1. The SMILES string of the molecule is CC(C)(C)OC(=O)N1CC2(CCN(c3cnc4c(Br)cnn4c3)CC2)C1. The molecule has 0 N–H and O–H groups in total. The van der Waals surface area contributed by atoms with Crippen LogP contribution in [0.1, 0.15) is 33.6 Å². The third-order valence-corrected chi connectivity index (χ3v) is 5.75. The molecule has 2 fully saturated rings. The monoisotopic (exact) mass is 421 g/mol. The zero-order valence-corrected chi connectivity index (χ0v) is 17.0. The molecule has 4 heterocycles. The molecule has 0 aliphatic carbocycles. The summed E-state index contributed by atoms with van der Waals surface area (Å²) in [6.07, 6.45) is 7.66. The number of ether oxygens (including phenoxy) is 1. The lowest BCUT2D eigenvalue weighted by atomic mass is 9.72.